The normalized spacial score (nSPS) is 12.6. The van der Waals surface area contributed by atoms with Crippen molar-refractivity contribution >= 4 is 20.9 Å². The molecule has 0 unspecified atom stereocenters. The van der Waals surface area contributed by atoms with Gasteiger partial charge in [-0.3, -0.25) is 9.97 Å². The Bertz CT molecular complexity index is 1630. The molecule has 0 spiro atoms. The van der Waals surface area contributed by atoms with Gasteiger partial charge in [0.25, 0.3) is 0 Å². The molecule has 4 rings (SSSR count). The van der Waals surface area contributed by atoms with Crippen LogP contribution in [0.1, 0.15) is 22.5 Å². The highest BCUT2D eigenvalue weighted by Crippen LogP contribution is 2.29. The van der Waals surface area contributed by atoms with Gasteiger partial charge in [0.1, 0.15) is 17.3 Å². The summed E-state index contributed by atoms with van der Waals surface area (Å²) >= 11 is 0. The van der Waals surface area contributed by atoms with Crippen LogP contribution in [-0.4, -0.2) is 53.5 Å². The summed E-state index contributed by atoms with van der Waals surface area (Å²) in [5, 5.41) is -0.376. The van der Waals surface area contributed by atoms with Crippen LogP contribution in [0.15, 0.2) is 53.9 Å². The lowest BCUT2D eigenvalue weighted by molar-refractivity contribution is -0.154. The minimum absolute atomic E-state index is 0.0323. The summed E-state index contributed by atoms with van der Waals surface area (Å²) < 4.78 is 114. The number of para-hydroxylation sites is 2. The van der Waals surface area contributed by atoms with Crippen molar-refractivity contribution in [3.8, 4) is 11.5 Å². The van der Waals surface area contributed by atoms with E-state index in [1.165, 1.54) is 36.7 Å². The molecule has 0 aliphatic carbocycles. The zero-order valence-corrected chi connectivity index (χ0v) is 21.9. The number of fused-ring (bicyclic) bond motifs is 1. The number of hydrogen-bond donors (Lipinski definition) is 0. The van der Waals surface area contributed by atoms with Gasteiger partial charge in [-0.1, -0.05) is 12.1 Å². The molecule has 0 bridgehead atoms. The van der Waals surface area contributed by atoms with Crippen LogP contribution < -0.4 is 9.47 Å². The predicted molar refractivity (Wildman–Crippen MR) is 131 cm³/mol. The minimum Gasteiger partial charge on any atom is -0.484 e. The monoisotopic (exact) mass is 588 g/mol. The first-order chi connectivity index (χ1) is 18.6. The third kappa shape index (κ3) is 6.81. The highest BCUT2D eigenvalue weighted by molar-refractivity contribution is 7.90. The molecule has 0 saturated carbocycles. The van der Waals surface area contributed by atoms with Gasteiger partial charge in [-0.25, -0.2) is 13.4 Å². The second kappa shape index (κ2) is 10.9. The van der Waals surface area contributed by atoms with E-state index in [4.69, 9.17) is 9.47 Å². The second-order valence-electron chi connectivity index (χ2n) is 8.80. The number of aromatic nitrogens is 4. The van der Waals surface area contributed by atoms with Crippen molar-refractivity contribution in [1.82, 2.24) is 19.5 Å². The molecule has 0 fully saturated rings. The Morgan fingerprint density at radius 2 is 1.32 bits per heavy atom. The molecule has 0 radical (unpaired) electrons. The summed E-state index contributed by atoms with van der Waals surface area (Å²) in [6.45, 7) is -0.348. The average Bonchev–Trinajstić information content (AvgIpc) is 3.23. The maximum atomic E-state index is 13.6. The zero-order valence-electron chi connectivity index (χ0n) is 21.0. The molecule has 15 heteroatoms. The molecule has 0 aliphatic heterocycles. The Hall–Kier alpha value is -3.88. The predicted octanol–water partition coefficient (Wildman–Crippen LogP) is 5.35. The van der Waals surface area contributed by atoms with Crippen molar-refractivity contribution in [3.05, 3.63) is 71.3 Å². The second-order valence-corrected chi connectivity index (χ2v) is 10.7. The number of hydrogen-bond acceptors (Lipinski definition) is 7. The topological polar surface area (TPSA) is 96.2 Å². The Labute approximate surface area is 224 Å². The molecule has 8 nitrogen and oxygen atoms in total. The minimum atomic E-state index is -4.59. The van der Waals surface area contributed by atoms with Crippen molar-refractivity contribution in [1.29, 1.82) is 0 Å². The van der Waals surface area contributed by atoms with E-state index in [1.807, 2.05) is 0 Å². The fourth-order valence-corrected chi connectivity index (χ4v) is 5.41. The molecular formula is C25H22F6N4O4S. The molecule has 214 valence electrons. The van der Waals surface area contributed by atoms with E-state index in [0.717, 1.165) is 6.20 Å². The first kappa shape index (κ1) is 29.1. The van der Waals surface area contributed by atoms with Gasteiger partial charge in [-0.05, 0) is 38.1 Å². The third-order valence-corrected chi connectivity index (χ3v) is 7.35. The van der Waals surface area contributed by atoms with Crippen LogP contribution in [0.4, 0.5) is 26.3 Å². The summed E-state index contributed by atoms with van der Waals surface area (Å²) in [5.41, 5.74) is 1.35. The first-order valence-electron chi connectivity index (χ1n) is 11.6. The Morgan fingerprint density at radius 1 is 0.800 bits per heavy atom. The van der Waals surface area contributed by atoms with Gasteiger partial charge < -0.3 is 14.0 Å². The molecule has 0 amide bonds. The first-order valence-corrected chi connectivity index (χ1v) is 13.3. The zero-order chi connectivity index (χ0) is 29.3. The highest BCUT2D eigenvalue weighted by atomic mass is 32.2. The standard InChI is InChI=1S/C25H22F6N4O4S/c1-15-18(32-9-7-21(15)38-13-24(26,27)28)11-35-20-6-4-3-5-17(20)34-23(35)40(36,37)12-19-16(2)22(8-10-33-19)39-14-25(29,30)31/h3-10H,11-14H2,1-2H3. The van der Waals surface area contributed by atoms with E-state index < -0.39 is 41.2 Å². The number of rotatable bonds is 9. The van der Waals surface area contributed by atoms with E-state index in [0.29, 0.717) is 11.0 Å². The van der Waals surface area contributed by atoms with Crippen molar-refractivity contribution in [2.24, 2.45) is 0 Å². The van der Waals surface area contributed by atoms with Crippen molar-refractivity contribution in [2.45, 2.75) is 43.7 Å². The summed E-state index contributed by atoms with van der Waals surface area (Å²) in [7, 11) is -4.26. The van der Waals surface area contributed by atoms with Crippen molar-refractivity contribution in [3.63, 3.8) is 0 Å². The Balaban J connectivity index is 1.70. The van der Waals surface area contributed by atoms with Gasteiger partial charge in [0.2, 0.25) is 15.0 Å². The molecule has 3 heterocycles. The molecule has 4 aromatic rings. The average molecular weight is 589 g/mol. The van der Waals surface area contributed by atoms with Gasteiger partial charge in [0.05, 0.1) is 29.0 Å². The Kier molecular flexibility index (Phi) is 7.97. The molecule has 0 N–H and O–H groups in total. The van der Waals surface area contributed by atoms with E-state index in [1.54, 1.807) is 24.3 Å². The molecule has 3 aromatic heterocycles. The van der Waals surface area contributed by atoms with Crippen LogP contribution in [0.5, 0.6) is 11.5 Å². The lowest BCUT2D eigenvalue weighted by Gasteiger charge is -2.16. The van der Waals surface area contributed by atoms with Gasteiger partial charge >= 0.3 is 12.4 Å². The van der Waals surface area contributed by atoms with Crippen LogP contribution in [-0.2, 0) is 22.1 Å². The van der Waals surface area contributed by atoms with Crippen LogP contribution in [0, 0.1) is 13.8 Å². The molecule has 0 saturated heterocycles. The number of alkyl halides is 6. The number of sulfone groups is 1. The van der Waals surface area contributed by atoms with Crippen LogP contribution in [0.2, 0.25) is 0 Å². The maximum Gasteiger partial charge on any atom is 0.422 e. The molecular weight excluding hydrogens is 566 g/mol. The van der Waals surface area contributed by atoms with Crippen LogP contribution in [0.3, 0.4) is 0 Å². The number of pyridine rings is 2. The van der Waals surface area contributed by atoms with Gasteiger partial charge in [-0.2, -0.15) is 26.3 Å². The molecule has 1 aromatic carbocycles. The number of benzene rings is 1. The summed E-state index contributed by atoms with van der Waals surface area (Å²) in [5.74, 6) is -0.930. The third-order valence-electron chi connectivity index (χ3n) is 5.83. The molecule has 0 aliphatic rings. The number of imidazole rings is 1. The largest absolute Gasteiger partial charge is 0.484 e. The summed E-state index contributed by atoms with van der Waals surface area (Å²) in [4.78, 5) is 12.5. The van der Waals surface area contributed by atoms with E-state index in [2.05, 4.69) is 15.0 Å². The molecule has 40 heavy (non-hydrogen) atoms. The van der Waals surface area contributed by atoms with Crippen LogP contribution >= 0.6 is 0 Å². The molecule has 0 atom stereocenters. The number of halogens is 6. The van der Waals surface area contributed by atoms with Crippen molar-refractivity contribution in [2.75, 3.05) is 13.2 Å². The quantitative estimate of drug-likeness (QED) is 0.243. The van der Waals surface area contributed by atoms with E-state index in [9.17, 15) is 34.8 Å². The lowest BCUT2D eigenvalue weighted by Crippen LogP contribution is -2.20. The SMILES string of the molecule is Cc1c(OCC(F)(F)F)ccnc1Cn1c(S(=O)(=O)Cc2nccc(OCC(F)(F)F)c2C)nc2ccccc21. The van der Waals surface area contributed by atoms with Crippen molar-refractivity contribution < 1.29 is 44.2 Å². The van der Waals surface area contributed by atoms with Gasteiger partial charge in [0, 0.05) is 23.5 Å². The van der Waals surface area contributed by atoms with E-state index in [-0.39, 0.29) is 45.7 Å². The van der Waals surface area contributed by atoms with E-state index >= 15 is 0 Å². The van der Waals surface area contributed by atoms with Crippen LogP contribution in [0.25, 0.3) is 11.0 Å². The Morgan fingerprint density at radius 3 is 1.90 bits per heavy atom. The summed E-state index contributed by atoms with van der Waals surface area (Å²) in [6.07, 6.45) is -6.75. The lowest BCUT2D eigenvalue weighted by atomic mass is 10.2. The number of nitrogens with zero attached hydrogens (tertiary/aromatic N) is 4. The van der Waals surface area contributed by atoms with Gasteiger partial charge in [-0.15, -0.1) is 0 Å². The number of ether oxygens (including phenoxy) is 2. The smallest absolute Gasteiger partial charge is 0.422 e. The fraction of sp³-hybridized carbons (Fsp3) is 0.320. The highest BCUT2D eigenvalue weighted by Gasteiger charge is 2.31. The summed E-state index contributed by atoms with van der Waals surface area (Å²) in [6, 6.07) is 9.00. The fourth-order valence-electron chi connectivity index (χ4n) is 3.89. The maximum absolute atomic E-state index is 13.6. The van der Waals surface area contributed by atoms with Gasteiger partial charge in [0.15, 0.2) is 13.2 Å².